The molecule has 10 nitrogen and oxygen atoms in total. The van der Waals surface area contributed by atoms with Crippen molar-refractivity contribution in [1.82, 2.24) is 9.55 Å². The molecule has 27 heavy (non-hydrogen) atoms. The number of rotatable bonds is 5. The van der Waals surface area contributed by atoms with E-state index in [0.717, 1.165) is 0 Å². The smallest absolute Gasteiger partial charge is 0.330 e. The van der Waals surface area contributed by atoms with E-state index in [1.165, 1.54) is 16.8 Å². The van der Waals surface area contributed by atoms with Gasteiger partial charge in [-0.2, -0.15) is 0 Å². The number of esters is 1. The van der Waals surface area contributed by atoms with Gasteiger partial charge in [-0.25, -0.2) is 4.79 Å². The van der Waals surface area contributed by atoms with Crippen molar-refractivity contribution in [1.29, 1.82) is 0 Å². The zero-order chi connectivity index (χ0) is 19.9. The molecule has 3 N–H and O–H groups in total. The topological polar surface area (TPSA) is 135 Å². The largest absolute Gasteiger partial charge is 0.462 e. The van der Waals surface area contributed by atoms with E-state index < -0.39 is 53.6 Å². The van der Waals surface area contributed by atoms with Crippen molar-refractivity contribution in [3.63, 3.8) is 0 Å². The lowest BCUT2D eigenvalue weighted by molar-refractivity contribution is -0.203. The number of hydrogen-bond donors (Lipinski definition) is 2. The Kier molecular flexibility index (Phi) is 5.26. The fourth-order valence-electron chi connectivity index (χ4n) is 3.18. The van der Waals surface area contributed by atoms with E-state index in [2.05, 4.69) is 4.98 Å². The van der Waals surface area contributed by atoms with Crippen molar-refractivity contribution in [3.8, 4) is 0 Å². The highest BCUT2D eigenvalue weighted by Crippen LogP contribution is 2.42. The number of nitrogens with zero attached hydrogens (tertiary/aromatic N) is 1. The molecule has 10 heteroatoms. The van der Waals surface area contributed by atoms with E-state index in [-0.39, 0.29) is 12.5 Å². The maximum Gasteiger partial charge on any atom is 0.330 e. The van der Waals surface area contributed by atoms with Crippen LogP contribution in [-0.4, -0.2) is 52.3 Å². The van der Waals surface area contributed by atoms with Gasteiger partial charge in [-0.05, 0) is 19.8 Å². The number of aromatic amines is 1. The molecule has 1 aromatic heterocycles. The van der Waals surface area contributed by atoms with Crippen LogP contribution in [-0.2, 0) is 23.7 Å². The normalized spacial score (nSPS) is 30.3. The van der Waals surface area contributed by atoms with Crippen LogP contribution >= 0.6 is 0 Å². The monoisotopic (exact) mass is 383 g/mol. The average molecular weight is 383 g/mol. The molecule has 0 bridgehead atoms. The maximum absolute atomic E-state index is 12.1. The van der Waals surface area contributed by atoms with Crippen molar-refractivity contribution in [2.24, 2.45) is 11.7 Å². The molecule has 0 unspecified atom stereocenters. The van der Waals surface area contributed by atoms with Gasteiger partial charge in [0.2, 0.25) is 0 Å². The van der Waals surface area contributed by atoms with Gasteiger partial charge in [-0.1, -0.05) is 13.8 Å². The van der Waals surface area contributed by atoms with E-state index >= 15 is 0 Å². The third-order valence-electron chi connectivity index (χ3n) is 4.63. The van der Waals surface area contributed by atoms with Crippen LogP contribution in [0.4, 0.5) is 0 Å². The SMILES string of the molecule is CC(C)[C@H](N)C(=O)OC[C@H]1O[C@@H](n2ccc(=O)[nH]c2=O)[C@@H]2OC(C)(C)O[C@@H]21. The Bertz CT molecular complexity index is 815. The fourth-order valence-corrected chi connectivity index (χ4v) is 3.18. The lowest BCUT2D eigenvalue weighted by Gasteiger charge is -2.25. The van der Waals surface area contributed by atoms with Crippen molar-refractivity contribution in [2.75, 3.05) is 6.61 Å². The van der Waals surface area contributed by atoms with E-state index in [1.54, 1.807) is 13.8 Å². The summed E-state index contributed by atoms with van der Waals surface area (Å²) >= 11 is 0. The van der Waals surface area contributed by atoms with Gasteiger partial charge in [-0.15, -0.1) is 0 Å². The van der Waals surface area contributed by atoms with Crippen LogP contribution in [0.1, 0.15) is 33.9 Å². The summed E-state index contributed by atoms with van der Waals surface area (Å²) in [4.78, 5) is 37.7. The molecule has 2 fully saturated rings. The molecule has 3 heterocycles. The van der Waals surface area contributed by atoms with Gasteiger partial charge in [0.25, 0.3) is 5.56 Å². The van der Waals surface area contributed by atoms with Gasteiger partial charge >= 0.3 is 11.7 Å². The highest BCUT2D eigenvalue weighted by Gasteiger charge is 2.56. The minimum Gasteiger partial charge on any atom is -0.462 e. The Morgan fingerprint density at radius 1 is 1.33 bits per heavy atom. The van der Waals surface area contributed by atoms with E-state index in [9.17, 15) is 14.4 Å². The van der Waals surface area contributed by atoms with Gasteiger partial charge < -0.3 is 24.7 Å². The molecule has 2 aliphatic heterocycles. The predicted molar refractivity (Wildman–Crippen MR) is 92.8 cm³/mol. The molecule has 0 saturated carbocycles. The standard InChI is InChI=1S/C17H25N3O7/c1-8(2)11(18)15(22)24-7-9-12-13(27-17(3,4)26-12)14(25-9)20-6-5-10(21)19-16(20)23/h5-6,8-9,11-14H,7,18H2,1-4H3,(H,19,21,23)/t9-,11+,12-,13-,14-/m1/s1. The van der Waals surface area contributed by atoms with Crippen LogP contribution in [0.3, 0.4) is 0 Å². The minimum atomic E-state index is -0.889. The number of fused-ring (bicyclic) bond motifs is 1. The summed E-state index contributed by atoms with van der Waals surface area (Å²) in [5, 5.41) is 0. The Hall–Kier alpha value is -2.01. The maximum atomic E-state index is 12.1. The predicted octanol–water partition coefficient (Wildman–Crippen LogP) is -0.519. The number of carbonyl (C=O) groups is 1. The number of ether oxygens (including phenoxy) is 4. The third-order valence-corrected chi connectivity index (χ3v) is 4.63. The van der Waals surface area contributed by atoms with E-state index in [4.69, 9.17) is 24.7 Å². The molecule has 5 atom stereocenters. The van der Waals surface area contributed by atoms with E-state index in [0.29, 0.717) is 0 Å². The minimum absolute atomic E-state index is 0.0628. The zero-order valence-corrected chi connectivity index (χ0v) is 15.7. The first-order chi connectivity index (χ1) is 12.6. The lowest BCUT2D eigenvalue weighted by atomic mass is 10.1. The molecule has 0 spiro atoms. The van der Waals surface area contributed by atoms with Gasteiger partial charge in [0, 0.05) is 12.3 Å². The average Bonchev–Trinajstić information content (AvgIpc) is 3.05. The molecule has 0 aliphatic carbocycles. The molecule has 2 aliphatic rings. The van der Waals surface area contributed by atoms with Gasteiger partial charge in [0.15, 0.2) is 12.0 Å². The highest BCUT2D eigenvalue weighted by atomic mass is 16.8. The number of nitrogens with two attached hydrogens (primary N) is 1. The van der Waals surface area contributed by atoms with Crippen LogP contribution in [0.2, 0.25) is 0 Å². The Morgan fingerprint density at radius 3 is 2.63 bits per heavy atom. The fraction of sp³-hybridized carbons (Fsp3) is 0.706. The molecule has 0 radical (unpaired) electrons. The van der Waals surface area contributed by atoms with Crippen LogP contribution in [0, 0.1) is 5.92 Å². The summed E-state index contributed by atoms with van der Waals surface area (Å²) in [5.41, 5.74) is 4.66. The summed E-state index contributed by atoms with van der Waals surface area (Å²) < 4.78 is 24.2. The molecule has 0 aromatic carbocycles. The zero-order valence-electron chi connectivity index (χ0n) is 15.7. The molecule has 0 amide bonds. The summed E-state index contributed by atoms with van der Waals surface area (Å²) in [6.45, 7) is 7.05. The van der Waals surface area contributed by atoms with Gasteiger partial charge in [0.05, 0.1) is 0 Å². The quantitative estimate of drug-likeness (QED) is 0.649. The molecule has 2 saturated heterocycles. The summed E-state index contributed by atoms with van der Waals surface area (Å²) in [7, 11) is 0. The molecular formula is C17H25N3O7. The van der Waals surface area contributed by atoms with Gasteiger partial charge in [0.1, 0.15) is 31.0 Å². The Morgan fingerprint density at radius 2 is 2.00 bits per heavy atom. The van der Waals surface area contributed by atoms with E-state index in [1.807, 2.05) is 13.8 Å². The first-order valence-corrected chi connectivity index (χ1v) is 8.84. The summed E-state index contributed by atoms with van der Waals surface area (Å²) in [5.74, 6) is -1.49. The molecule has 3 rings (SSSR count). The van der Waals surface area contributed by atoms with Crippen molar-refractivity contribution >= 4 is 5.97 Å². The van der Waals surface area contributed by atoms with Crippen LogP contribution in [0.5, 0.6) is 0 Å². The number of hydrogen-bond acceptors (Lipinski definition) is 8. The number of aromatic nitrogens is 2. The van der Waals surface area contributed by atoms with Crippen molar-refractivity contribution in [3.05, 3.63) is 33.1 Å². The molecule has 150 valence electrons. The lowest BCUT2D eigenvalue weighted by Crippen LogP contribution is -2.40. The van der Waals surface area contributed by atoms with Gasteiger partial charge in [-0.3, -0.25) is 19.1 Å². The van der Waals surface area contributed by atoms with Crippen LogP contribution < -0.4 is 17.0 Å². The second kappa shape index (κ2) is 7.19. The summed E-state index contributed by atoms with van der Waals surface area (Å²) in [6, 6.07) is 0.479. The molecular weight excluding hydrogens is 358 g/mol. The van der Waals surface area contributed by atoms with Crippen molar-refractivity contribution in [2.45, 2.75) is 64.1 Å². The molecule has 1 aromatic rings. The highest BCUT2D eigenvalue weighted by molar-refractivity contribution is 5.75. The van der Waals surface area contributed by atoms with Crippen LogP contribution in [0.15, 0.2) is 21.9 Å². The van der Waals surface area contributed by atoms with Crippen molar-refractivity contribution < 1.29 is 23.7 Å². The first kappa shape index (κ1) is 19.7. The number of nitrogens with one attached hydrogen (secondary N) is 1. The first-order valence-electron chi connectivity index (χ1n) is 8.84. The Balaban J connectivity index is 1.79. The third kappa shape index (κ3) is 3.98. The Labute approximate surface area is 155 Å². The second-order valence-corrected chi connectivity index (χ2v) is 7.55. The number of carbonyl (C=O) groups excluding carboxylic acids is 1. The van der Waals surface area contributed by atoms with Crippen LogP contribution in [0.25, 0.3) is 0 Å². The summed E-state index contributed by atoms with van der Waals surface area (Å²) in [6.07, 6.45) is -1.30. The number of H-pyrrole nitrogens is 1. The second-order valence-electron chi connectivity index (χ2n) is 7.55.